The zero-order valence-electron chi connectivity index (χ0n) is 18.0. The van der Waals surface area contributed by atoms with Gasteiger partial charge in [0.2, 0.25) is 5.91 Å². The van der Waals surface area contributed by atoms with Crippen molar-refractivity contribution in [1.82, 2.24) is 14.9 Å². The minimum absolute atomic E-state index is 0.0738. The summed E-state index contributed by atoms with van der Waals surface area (Å²) >= 11 is 0. The summed E-state index contributed by atoms with van der Waals surface area (Å²) in [6.07, 6.45) is 2.05. The summed E-state index contributed by atoms with van der Waals surface area (Å²) in [5, 5.41) is 6.71. The maximum Gasteiger partial charge on any atom is 0.266 e. The number of methoxy groups -OCH3 is 1. The van der Waals surface area contributed by atoms with Crippen molar-refractivity contribution in [2.45, 2.75) is 25.9 Å². The topological polar surface area (TPSA) is 87.2 Å². The van der Waals surface area contributed by atoms with E-state index >= 15 is 0 Å². The maximum atomic E-state index is 13.2. The number of nitrogens with zero attached hydrogens (tertiary/aromatic N) is 3. The van der Waals surface area contributed by atoms with Gasteiger partial charge in [0.15, 0.2) is 11.5 Å². The average Bonchev–Trinajstić information content (AvgIpc) is 3.18. The molecule has 8 nitrogen and oxygen atoms in total. The van der Waals surface area contributed by atoms with Crippen molar-refractivity contribution in [1.29, 1.82) is 0 Å². The molecule has 1 fully saturated rings. The molecule has 1 N–H and O–H groups in total. The molecule has 32 heavy (non-hydrogen) atoms. The summed E-state index contributed by atoms with van der Waals surface area (Å²) in [5.74, 6) is 0.945. The molecule has 0 bridgehead atoms. The molecule has 1 atom stereocenters. The van der Waals surface area contributed by atoms with Crippen molar-refractivity contribution in [2.24, 2.45) is 5.10 Å². The van der Waals surface area contributed by atoms with Gasteiger partial charge in [-0.3, -0.25) is 9.59 Å². The molecule has 0 unspecified atom stereocenters. The fourth-order valence-corrected chi connectivity index (χ4v) is 4.43. The average molecular weight is 432 g/mol. The number of carbonyl (C=O) groups is 2. The van der Waals surface area contributed by atoms with Crippen LogP contribution in [-0.4, -0.2) is 59.2 Å². The number of piperazine rings is 1. The number of hydrazone groups is 1. The van der Waals surface area contributed by atoms with E-state index in [0.29, 0.717) is 31.1 Å². The van der Waals surface area contributed by atoms with Crippen LogP contribution in [0.3, 0.4) is 0 Å². The van der Waals surface area contributed by atoms with Gasteiger partial charge in [-0.15, -0.1) is 0 Å². The molecule has 2 aliphatic heterocycles. The molecule has 0 aliphatic carbocycles. The number of fused-ring (bicyclic) bond motifs is 4. The van der Waals surface area contributed by atoms with Gasteiger partial charge in [0.25, 0.3) is 5.91 Å². The highest BCUT2D eigenvalue weighted by molar-refractivity contribution is 5.97. The van der Waals surface area contributed by atoms with E-state index in [-0.39, 0.29) is 18.4 Å². The molecule has 2 aliphatic rings. The molecule has 0 spiro atoms. The van der Waals surface area contributed by atoms with E-state index in [9.17, 15) is 9.59 Å². The second kappa shape index (κ2) is 8.03. The maximum absolute atomic E-state index is 13.2. The van der Waals surface area contributed by atoms with Gasteiger partial charge >= 0.3 is 0 Å². The summed E-state index contributed by atoms with van der Waals surface area (Å²) in [4.78, 5) is 31.1. The SMILES string of the molecule is CCOc1ccc(C=NN2CC(=O)N3Cc4[nH]c5ccccc5c4C[C@H]3C2=O)cc1OC. The normalized spacial score (nSPS) is 18.2. The number of ether oxygens (including phenoxy) is 2. The van der Waals surface area contributed by atoms with Crippen LogP contribution in [-0.2, 0) is 22.6 Å². The quantitative estimate of drug-likeness (QED) is 0.628. The van der Waals surface area contributed by atoms with Gasteiger partial charge in [-0.1, -0.05) is 18.2 Å². The monoisotopic (exact) mass is 432 g/mol. The number of aromatic amines is 1. The Bertz CT molecular complexity index is 1230. The van der Waals surface area contributed by atoms with Crippen LogP contribution in [0.2, 0.25) is 0 Å². The molecule has 2 amide bonds. The number of benzene rings is 2. The van der Waals surface area contributed by atoms with E-state index < -0.39 is 6.04 Å². The number of rotatable bonds is 5. The van der Waals surface area contributed by atoms with E-state index in [1.165, 1.54) is 5.01 Å². The molecule has 3 aromatic rings. The third kappa shape index (κ3) is 3.37. The predicted octanol–water partition coefficient (Wildman–Crippen LogP) is 2.70. The smallest absolute Gasteiger partial charge is 0.266 e. The first-order valence-corrected chi connectivity index (χ1v) is 10.6. The molecule has 3 heterocycles. The van der Waals surface area contributed by atoms with E-state index in [4.69, 9.17) is 9.47 Å². The molecule has 8 heteroatoms. The lowest BCUT2D eigenvalue weighted by atomic mass is 9.94. The Labute approximate surface area is 185 Å². The molecule has 164 valence electrons. The van der Waals surface area contributed by atoms with Gasteiger partial charge in [0.05, 0.1) is 26.5 Å². The van der Waals surface area contributed by atoms with Crippen LogP contribution < -0.4 is 9.47 Å². The summed E-state index contributed by atoms with van der Waals surface area (Å²) < 4.78 is 10.9. The summed E-state index contributed by atoms with van der Waals surface area (Å²) in [7, 11) is 1.57. The standard InChI is InChI=1S/C24H24N4O4/c1-3-32-21-9-8-15(10-22(21)31-2)12-25-28-14-23(29)27-13-19-17(11-20(27)24(28)30)16-6-4-5-7-18(16)26-19/h4-10,12,20,26H,3,11,13-14H2,1-2H3/t20-/m0/s1. The second-order valence-corrected chi connectivity index (χ2v) is 7.85. The lowest BCUT2D eigenvalue weighted by Gasteiger charge is -2.40. The van der Waals surface area contributed by atoms with Crippen LogP contribution in [0.4, 0.5) is 0 Å². The molecule has 0 radical (unpaired) electrons. The number of nitrogens with one attached hydrogen (secondary N) is 1. The van der Waals surface area contributed by atoms with Gasteiger partial charge in [-0.2, -0.15) is 5.10 Å². The predicted molar refractivity (Wildman–Crippen MR) is 120 cm³/mol. The first kappa shape index (κ1) is 20.1. The Balaban J connectivity index is 1.39. The Morgan fingerprint density at radius 1 is 1.16 bits per heavy atom. The van der Waals surface area contributed by atoms with Crippen LogP contribution in [0, 0.1) is 0 Å². The fourth-order valence-electron chi connectivity index (χ4n) is 4.43. The van der Waals surface area contributed by atoms with E-state index in [1.807, 2.05) is 37.3 Å². The Kier molecular flexibility index (Phi) is 5.05. The highest BCUT2D eigenvalue weighted by atomic mass is 16.5. The number of hydrogen-bond acceptors (Lipinski definition) is 5. The zero-order chi connectivity index (χ0) is 22.2. The highest BCUT2D eigenvalue weighted by Crippen LogP contribution is 2.32. The van der Waals surface area contributed by atoms with Crippen molar-refractivity contribution >= 4 is 28.9 Å². The van der Waals surface area contributed by atoms with Crippen molar-refractivity contribution in [3.05, 3.63) is 59.3 Å². The fraction of sp³-hybridized carbons (Fsp3) is 0.292. The lowest BCUT2D eigenvalue weighted by Crippen LogP contribution is -2.60. The number of para-hydroxylation sites is 1. The molecular formula is C24H24N4O4. The summed E-state index contributed by atoms with van der Waals surface area (Å²) in [5.41, 5.74) is 3.87. The third-order valence-electron chi connectivity index (χ3n) is 5.98. The van der Waals surface area contributed by atoms with Gasteiger partial charge in [-0.05, 0) is 42.3 Å². The number of carbonyl (C=O) groups excluding carboxylic acids is 2. The number of hydrogen-bond donors (Lipinski definition) is 1. The van der Waals surface area contributed by atoms with Gasteiger partial charge < -0.3 is 19.4 Å². The Morgan fingerprint density at radius 2 is 2.00 bits per heavy atom. The number of H-pyrrole nitrogens is 1. The highest BCUT2D eigenvalue weighted by Gasteiger charge is 2.43. The van der Waals surface area contributed by atoms with Crippen molar-refractivity contribution in [3.8, 4) is 11.5 Å². The summed E-state index contributed by atoms with van der Waals surface area (Å²) in [6, 6.07) is 12.9. The van der Waals surface area contributed by atoms with Crippen LogP contribution in [0.15, 0.2) is 47.6 Å². The molecule has 1 saturated heterocycles. The first-order valence-electron chi connectivity index (χ1n) is 10.6. The second-order valence-electron chi connectivity index (χ2n) is 7.85. The van der Waals surface area contributed by atoms with Crippen LogP contribution >= 0.6 is 0 Å². The van der Waals surface area contributed by atoms with Gasteiger partial charge in [-0.25, -0.2) is 5.01 Å². The minimum atomic E-state index is -0.546. The van der Waals surface area contributed by atoms with Gasteiger partial charge in [0, 0.05) is 23.0 Å². The van der Waals surface area contributed by atoms with Crippen LogP contribution in [0.1, 0.15) is 23.7 Å². The van der Waals surface area contributed by atoms with Crippen LogP contribution in [0.5, 0.6) is 11.5 Å². The minimum Gasteiger partial charge on any atom is -0.493 e. The summed E-state index contributed by atoms with van der Waals surface area (Å²) in [6.45, 7) is 2.77. The van der Waals surface area contributed by atoms with Crippen molar-refractivity contribution in [3.63, 3.8) is 0 Å². The third-order valence-corrected chi connectivity index (χ3v) is 5.98. The van der Waals surface area contributed by atoms with Crippen molar-refractivity contribution < 1.29 is 19.1 Å². The van der Waals surface area contributed by atoms with E-state index in [0.717, 1.165) is 27.7 Å². The first-order chi connectivity index (χ1) is 15.6. The molecule has 5 rings (SSSR count). The molecular weight excluding hydrogens is 408 g/mol. The molecule has 1 aromatic heterocycles. The van der Waals surface area contributed by atoms with E-state index in [2.05, 4.69) is 10.1 Å². The van der Waals surface area contributed by atoms with Crippen LogP contribution in [0.25, 0.3) is 10.9 Å². The Morgan fingerprint density at radius 3 is 2.81 bits per heavy atom. The van der Waals surface area contributed by atoms with E-state index in [1.54, 1.807) is 30.4 Å². The number of amides is 2. The van der Waals surface area contributed by atoms with Gasteiger partial charge in [0.1, 0.15) is 12.6 Å². The molecule has 0 saturated carbocycles. The van der Waals surface area contributed by atoms with Crippen molar-refractivity contribution in [2.75, 3.05) is 20.3 Å². The number of aromatic nitrogens is 1. The molecule has 2 aromatic carbocycles. The lowest BCUT2D eigenvalue weighted by molar-refractivity contribution is -0.157. The Hall–Kier alpha value is -3.81. The zero-order valence-corrected chi connectivity index (χ0v) is 18.0. The largest absolute Gasteiger partial charge is 0.493 e.